The van der Waals surface area contributed by atoms with E-state index in [0.29, 0.717) is 11.5 Å². The molecule has 1 aliphatic heterocycles. The van der Waals surface area contributed by atoms with Crippen LogP contribution in [0, 0.1) is 6.92 Å². The molecule has 0 atom stereocenters. The van der Waals surface area contributed by atoms with Gasteiger partial charge in [0.25, 0.3) is 0 Å². The van der Waals surface area contributed by atoms with Crippen molar-refractivity contribution in [2.75, 3.05) is 17.2 Å². The topological polar surface area (TPSA) is 67.9 Å². The predicted octanol–water partition coefficient (Wildman–Crippen LogP) is 6.65. The van der Waals surface area contributed by atoms with Gasteiger partial charge in [-0.2, -0.15) is 5.10 Å². The summed E-state index contributed by atoms with van der Waals surface area (Å²) in [7, 11) is 0. The van der Waals surface area contributed by atoms with Crippen LogP contribution < -0.4 is 9.64 Å². The monoisotopic (exact) mass is 550 g/mol. The SMILES string of the molecule is CCc1cccc(C)c1N1CCS/C1=N\N=C\c1ccc(-c2ncn(-c3ccc(OC(F)(F)F)cc3)n2)cc1. The number of alkyl halides is 3. The number of anilines is 1. The Balaban J connectivity index is 1.26. The number of aryl methyl sites for hydroxylation is 2. The second-order valence-corrected chi connectivity index (χ2v) is 9.80. The lowest BCUT2D eigenvalue weighted by Crippen LogP contribution is -2.25. The minimum absolute atomic E-state index is 0.297. The van der Waals surface area contributed by atoms with Gasteiger partial charge in [-0.15, -0.1) is 23.4 Å². The van der Waals surface area contributed by atoms with Gasteiger partial charge in [0.15, 0.2) is 11.0 Å². The lowest BCUT2D eigenvalue weighted by Gasteiger charge is -2.22. The average molecular weight is 551 g/mol. The fraction of sp³-hybridized carbons (Fsp3) is 0.214. The molecule has 0 saturated carbocycles. The molecule has 2 heterocycles. The molecule has 0 spiro atoms. The zero-order valence-electron chi connectivity index (χ0n) is 21.3. The van der Waals surface area contributed by atoms with E-state index >= 15 is 0 Å². The first kappa shape index (κ1) is 26.5. The van der Waals surface area contributed by atoms with Crippen molar-refractivity contribution in [3.63, 3.8) is 0 Å². The first-order valence-electron chi connectivity index (χ1n) is 12.3. The van der Waals surface area contributed by atoms with Crippen molar-refractivity contribution in [2.24, 2.45) is 10.2 Å². The smallest absolute Gasteiger partial charge is 0.406 e. The maximum Gasteiger partial charge on any atom is 0.573 e. The Morgan fingerprint density at radius 2 is 1.82 bits per heavy atom. The van der Waals surface area contributed by atoms with E-state index in [1.807, 2.05) is 24.3 Å². The highest BCUT2D eigenvalue weighted by Crippen LogP contribution is 2.32. The van der Waals surface area contributed by atoms with Crippen LogP contribution in [0.25, 0.3) is 17.1 Å². The molecule has 200 valence electrons. The second-order valence-electron chi connectivity index (χ2n) is 8.74. The number of nitrogens with zero attached hydrogens (tertiary/aromatic N) is 6. The lowest BCUT2D eigenvalue weighted by molar-refractivity contribution is -0.274. The molecule has 3 aromatic carbocycles. The molecule has 1 aliphatic rings. The number of ether oxygens (including phenoxy) is 1. The van der Waals surface area contributed by atoms with E-state index in [-0.39, 0.29) is 5.75 Å². The van der Waals surface area contributed by atoms with E-state index in [1.165, 1.54) is 52.1 Å². The molecule has 5 rings (SSSR count). The van der Waals surface area contributed by atoms with Crippen molar-refractivity contribution in [2.45, 2.75) is 26.6 Å². The molecule has 0 bridgehead atoms. The van der Waals surface area contributed by atoms with Gasteiger partial charge in [0, 0.05) is 23.5 Å². The van der Waals surface area contributed by atoms with Gasteiger partial charge >= 0.3 is 6.36 Å². The summed E-state index contributed by atoms with van der Waals surface area (Å²) in [6.07, 6.45) is -0.564. The molecule has 1 saturated heterocycles. The summed E-state index contributed by atoms with van der Waals surface area (Å²) >= 11 is 1.70. The van der Waals surface area contributed by atoms with Crippen LogP contribution in [0.15, 0.2) is 83.3 Å². The molecule has 0 aliphatic carbocycles. The third-order valence-corrected chi connectivity index (χ3v) is 7.04. The van der Waals surface area contributed by atoms with Crippen molar-refractivity contribution in [3.05, 3.63) is 89.7 Å². The highest BCUT2D eigenvalue weighted by Gasteiger charge is 2.31. The molecule has 1 fully saturated rings. The normalized spacial score (nSPS) is 15.0. The number of rotatable bonds is 7. The van der Waals surface area contributed by atoms with Gasteiger partial charge in [0.2, 0.25) is 0 Å². The minimum atomic E-state index is -4.73. The van der Waals surface area contributed by atoms with Crippen LogP contribution in [-0.4, -0.2) is 44.8 Å². The van der Waals surface area contributed by atoms with Gasteiger partial charge in [0.05, 0.1) is 11.9 Å². The zero-order valence-corrected chi connectivity index (χ0v) is 22.1. The fourth-order valence-electron chi connectivity index (χ4n) is 4.27. The maximum absolute atomic E-state index is 12.4. The Kier molecular flexibility index (Phi) is 7.69. The number of halogens is 3. The number of thioether (sulfide) groups is 1. The van der Waals surface area contributed by atoms with Gasteiger partial charge in [-0.25, -0.2) is 9.67 Å². The van der Waals surface area contributed by atoms with Gasteiger partial charge < -0.3 is 9.64 Å². The summed E-state index contributed by atoms with van der Waals surface area (Å²) in [5, 5.41) is 14.2. The van der Waals surface area contributed by atoms with E-state index in [1.54, 1.807) is 18.0 Å². The molecule has 7 nitrogen and oxygen atoms in total. The Morgan fingerprint density at radius 3 is 2.54 bits per heavy atom. The van der Waals surface area contributed by atoms with E-state index < -0.39 is 6.36 Å². The number of aromatic nitrogens is 3. The van der Waals surface area contributed by atoms with Crippen LogP contribution in [0.3, 0.4) is 0 Å². The van der Waals surface area contributed by atoms with Crippen LogP contribution in [0.1, 0.15) is 23.6 Å². The quantitative estimate of drug-likeness (QED) is 0.190. The van der Waals surface area contributed by atoms with Gasteiger partial charge in [-0.3, -0.25) is 0 Å². The number of amidine groups is 1. The van der Waals surface area contributed by atoms with E-state index in [9.17, 15) is 13.2 Å². The van der Waals surface area contributed by atoms with Crippen molar-refractivity contribution in [1.82, 2.24) is 14.8 Å². The van der Waals surface area contributed by atoms with Gasteiger partial charge in [0.1, 0.15) is 12.1 Å². The highest BCUT2D eigenvalue weighted by molar-refractivity contribution is 8.14. The molecule has 0 N–H and O–H groups in total. The van der Waals surface area contributed by atoms with E-state index in [4.69, 9.17) is 0 Å². The van der Waals surface area contributed by atoms with Crippen LogP contribution >= 0.6 is 11.8 Å². The summed E-state index contributed by atoms with van der Waals surface area (Å²) in [6, 6.07) is 19.4. The molecule has 1 aromatic heterocycles. The molecule has 0 amide bonds. The Morgan fingerprint density at radius 1 is 1.05 bits per heavy atom. The largest absolute Gasteiger partial charge is 0.573 e. The van der Waals surface area contributed by atoms with Gasteiger partial charge in [-0.1, -0.05) is 61.2 Å². The van der Waals surface area contributed by atoms with Crippen molar-refractivity contribution >= 4 is 28.8 Å². The van der Waals surface area contributed by atoms with E-state index in [2.05, 4.69) is 62.0 Å². The van der Waals surface area contributed by atoms with Crippen LogP contribution in [0.5, 0.6) is 5.75 Å². The number of benzene rings is 3. The molecular formula is C28H25F3N6OS. The first-order valence-corrected chi connectivity index (χ1v) is 13.3. The standard InChI is InChI=1S/C28H25F3N6OS/c1-3-21-6-4-5-19(2)25(21)36-15-16-39-27(36)34-33-17-20-7-9-22(10-8-20)26-32-18-37(35-26)23-11-13-24(14-12-23)38-28(29,30)31/h4-14,17-18H,3,15-16H2,1-2H3/b33-17+,34-27-. The summed E-state index contributed by atoms with van der Waals surface area (Å²) in [6.45, 7) is 5.19. The summed E-state index contributed by atoms with van der Waals surface area (Å²) in [4.78, 5) is 6.57. The van der Waals surface area contributed by atoms with Gasteiger partial charge in [-0.05, 0) is 54.3 Å². The third-order valence-electron chi connectivity index (χ3n) is 6.09. The van der Waals surface area contributed by atoms with Crippen LogP contribution in [0.2, 0.25) is 0 Å². The number of hydrogen-bond donors (Lipinski definition) is 0. The van der Waals surface area contributed by atoms with Crippen LogP contribution in [0.4, 0.5) is 18.9 Å². The maximum atomic E-state index is 12.4. The minimum Gasteiger partial charge on any atom is -0.406 e. The number of hydrogen-bond acceptors (Lipinski definition) is 6. The first-order chi connectivity index (χ1) is 18.8. The summed E-state index contributed by atoms with van der Waals surface area (Å²) in [5.74, 6) is 1.15. The highest BCUT2D eigenvalue weighted by atomic mass is 32.2. The van der Waals surface area contributed by atoms with Crippen LogP contribution in [-0.2, 0) is 6.42 Å². The molecule has 11 heteroatoms. The Hall–Kier alpha value is -4.12. The molecule has 0 radical (unpaired) electrons. The van der Waals surface area contributed by atoms with Crippen molar-refractivity contribution < 1.29 is 17.9 Å². The molecular weight excluding hydrogens is 525 g/mol. The molecule has 39 heavy (non-hydrogen) atoms. The Labute approximate surface area is 228 Å². The summed E-state index contributed by atoms with van der Waals surface area (Å²) < 4.78 is 42.5. The van der Waals surface area contributed by atoms with Crippen molar-refractivity contribution in [1.29, 1.82) is 0 Å². The third kappa shape index (κ3) is 6.31. The van der Waals surface area contributed by atoms with Crippen molar-refractivity contribution in [3.8, 4) is 22.8 Å². The number of para-hydroxylation sites is 1. The average Bonchev–Trinajstić information content (AvgIpc) is 3.59. The summed E-state index contributed by atoms with van der Waals surface area (Å²) in [5.41, 5.74) is 5.98. The predicted molar refractivity (Wildman–Crippen MR) is 149 cm³/mol. The Bertz CT molecular complexity index is 1500. The molecule has 0 unspecified atom stereocenters. The zero-order chi connectivity index (χ0) is 27.4. The second kappa shape index (κ2) is 11.3. The molecule has 4 aromatic rings. The lowest BCUT2D eigenvalue weighted by atomic mass is 10.0. The fourth-order valence-corrected chi connectivity index (χ4v) is 5.17. The van der Waals surface area contributed by atoms with E-state index in [0.717, 1.165) is 35.0 Å².